The zero-order valence-electron chi connectivity index (χ0n) is 13.5. The number of hydrogen-bond acceptors (Lipinski definition) is 5. The van der Waals surface area contributed by atoms with Crippen LogP contribution in [0.5, 0.6) is 5.75 Å². The fourth-order valence-electron chi connectivity index (χ4n) is 2.63. The normalized spacial score (nSPS) is 11.5. The van der Waals surface area contributed by atoms with E-state index in [-0.39, 0.29) is 0 Å². The van der Waals surface area contributed by atoms with Gasteiger partial charge in [-0.1, -0.05) is 18.2 Å². The minimum absolute atomic E-state index is 0.509. The lowest BCUT2D eigenvalue weighted by Crippen LogP contribution is -2.34. The highest BCUT2D eigenvalue weighted by Crippen LogP contribution is 2.26. The van der Waals surface area contributed by atoms with E-state index in [0.29, 0.717) is 16.8 Å². The third-order valence-electron chi connectivity index (χ3n) is 3.97. The van der Waals surface area contributed by atoms with Crippen LogP contribution in [0.3, 0.4) is 0 Å². The molecule has 1 N–H and O–H groups in total. The summed E-state index contributed by atoms with van der Waals surface area (Å²) in [5.74, 6) is -0.482. The first-order valence-corrected chi connectivity index (χ1v) is 7.66. The largest absolute Gasteiger partial charge is 0.548 e. The molecular weight excluding hydrogens is 316 g/mol. The molecule has 0 bridgehead atoms. The summed E-state index contributed by atoms with van der Waals surface area (Å²) in [5, 5.41) is 25.3. The van der Waals surface area contributed by atoms with Crippen molar-refractivity contribution in [3.8, 4) is 11.8 Å². The zero-order chi connectivity index (χ0) is 17.8. The number of fused-ring (bicyclic) bond motifs is 1. The van der Waals surface area contributed by atoms with Gasteiger partial charge >= 0.3 is 0 Å². The number of carbonyl (C=O) groups is 1. The summed E-state index contributed by atoms with van der Waals surface area (Å²) in [6.45, 7) is 0. The van der Waals surface area contributed by atoms with Gasteiger partial charge in [-0.2, -0.15) is 5.26 Å². The molecule has 25 heavy (non-hydrogen) atoms. The van der Waals surface area contributed by atoms with Crippen LogP contribution in [0.1, 0.15) is 17.2 Å². The Kier molecular flexibility index (Phi) is 4.53. The van der Waals surface area contributed by atoms with Gasteiger partial charge in [-0.15, -0.1) is 0 Å². The van der Waals surface area contributed by atoms with Crippen molar-refractivity contribution in [1.29, 1.82) is 5.26 Å². The number of carbonyl (C=O) groups excluding carboxylic acids is 1. The van der Waals surface area contributed by atoms with E-state index in [2.05, 4.69) is 5.32 Å². The fraction of sp³-hybridized carbons (Fsp3) is 0.100. The smallest absolute Gasteiger partial charge is 0.119 e. The molecule has 5 heteroatoms. The van der Waals surface area contributed by atoms with E-state index < -0.39 is 12.0 Å². The third-order valence-corrected chi connectivity index (χ3v) is 3.97. The molecule has 0 radical (unpaired) electrons. The molecule has 5 nitrogen and oxygen atoms in total. The van der Waals surface area contributed by atoms with Crippen LogP contribution >= 0.6 is 0 Å². The highest BCUT2D eigenvalue weighted by atomic mass is 16.5. The van der Waals surface area contributed by atoms with E-state index in [9.17, 15) is 9.90 Å². The van der Waals surface area contributed by atoms with Crippen molar-refractivity contribution in [2.24, 2.45) is 0 Å². The van der Waals surface area contributed by atoms with Gasteiger partial charge in [-0.3, -0.25) is 0 Å². The SMILES string of the molecule is COc1ccc2cc(C(Nc3ccc(C#N)cc3)C(=O)[O-])ccc2c1. The number of rotatable bonds is 5. The predicted molar refractivity (Wildman–Crippen MR) is 93.0 cm³/mol. The quantitative estimate of drug-likeness (QED) is 0.777. The number of carboxylic acid groups (broad SMARTS) is 1. The van der Waals surface area contributed by atoms with Gasteiger partial charge in [0.2, 0.25) is 0 Å². The van der Waals surface area contributed by atoms with Gasteiger partial charge in [0, 0.05) is 5.69 Å². The van der Waals surface area contributed by atoms with Gasteiger partial charge < -0.3 is 20.0 Å². The van der Waals surface area contributed by atoms with E-state index in [1.54, 1.807) is 37.4 Å². The van der Waals surface area contributed by atoms with Crippen LogP contribution in [0.15, 0.2) is 60.7 Å². The average Bonchev–Trinajstić information content (AvgIpc) is 2.65. The van der Waals surface area contributed by atoms with Crippen molar-refractivity contribution >= 4 is 22.4 Å². The van der Waals surface area contributed by atoms with Crippen molar-refractivity contribution in [1.82, 2.24) is 0 Å². The molecule has 0 aliphatic heterocycles. The first-order valence-electron chi connectivity index (χ1n) is 7.66. The molecule has 0 saturated heterocycles. The molecule has 1 unspecified atom stereocenters. The Balaban J connectivity index is 1.93. The maximum Gasteiger partial charge on any atom is 0.119 e. The molecule has 3 aromatic rings. The van der Waals surface area contributed by atoms with Gasteiger partial charge in [-0.05, 0) is 58.8 Å². The molecule has 0 aliphatic carbocycles. The number of methoxy groups -OCH3 is 1. The first kappa shape index (κ1) is 16.3. The Morgan fingerprint density at radius 3 is 2.40 bits per heavy atom. The van der Waals surface area contributed by atoms with Gasteiger partial charge in [0.1, 0.15) is 5.75 Å². The van der Waals surface area contributed by atoms with Crippen molar-refractivity contribution < 1.29 is 14.6 Å². The maximum atomic E-state index is 11.6. The van der Waals surface area contributed by atoms with Gasteiger partial charge in [0.25, 0.3) is 0 Å². The minimum Gasteiger partial charge on any atom is -0.548 e. The highest BCUT2D eigenvalue weighted by Gasteiger charge is 2.13. The number of carboxylic acids is 1. The number of benzene rings is 3. The van der Waals surface area contributed by atoms with Gasteiger partial charge in [0.05, 0.1) is 30.8 Å². The molecule has 0 spiro atoms. The molecule has 124 valence electrons. The Morgan fingerprint density at radius 1 is 1.08 bits per heavy atom. The van der Waals surface area contributed by atoms with Crippen LogP contribution in [0.4, 0.5) is 5.69 Å². The summed E-state index contributed by atoms with van der Waals surface area (Å²) in [6, 6.07) is 18.6. The second-order valence-corrected chi connectivity index (χ2v) is 5.56. The first-order chi connectivity index (χ1) is 12.1. The number of hydrogen-bond donors (Lipinski definition) is 1. The Labute approximate surface area is 145 Å². The second kappa shape index (κ2) is 6.93. The molecule has 0 amide bonds. The van der Waals surface area contributed by atoms with Crippen molar-refractivity contribution in [3.05, 3.63) is 71.8 Å². The molecular formula is C20H15N2O3-. The summed E-state index contributed by atoms with van der Waals surface area (Å²) in [4.78, 5) is 11.6. The lowest BCUT2D eigenvalue weighted by molar-refractivity contribution is -0.307. The highest BCUT2D eigenvalue weighted by molar-refractivity contribution is 5.87. The number of nitrogens with one attached hydrogen (secondary N) is 1. The Bertz CT molecular complexity index is 959. The standard InChI is InChI=1S/C20H16N2O3/c1-25-18-9-6-14-10-16(5-4-15(14)11-18)19(20(23)24)22-17-7-2-13(12-21)3-8-17/h2-11,19,22H,1H3,(H,23,24)/p-1. The van der Waals surface area contributed by atoms with Crippen molar-refractivity contribution in [2.75, 3.05) is 12.4 Å². The van der Waals surface area contributed by atoms with Crippen molar-refractivity contribution in [3.63, 3.8) is 0 Å². The number of ether oxygens (including phenoxy) is 1. The molecule has 0 aromatic heterocycles. The molecule has 1 atom stereocenters. The van der Waals surface area contributed by atoms with Crippen LogP contribution in [-0.4, -0.2) is 13.1 Å². The van der Waals surface area contributed by atoms with E-state index in [1.165, 1.54) is 0 Å². The molecule has 0 fully saturated rings. The zero-order valence-corrected chi connectivity index (χ0v) is 13.5. The summed E-state index contributed by atoms with van der Waals surface area (Å²) < 4.78 is 5.20. The Hall–Kier alpha value is -3.52. The maximum absolute atomic E-state index is 11.6. The summed E-state index contributed by atoms with van der Waals surface area (Å²) in [5.41, 5.74) is 1.69. The predicted octanol–water partition coefficient (Wildman–Crippen LogP) is 2.62. The average molecular weight is 331 g/mol. The van der Waals surface area contributed by atoms with E-state index in [1.807, 2.05) is 36.4 Å². The van der Waals surface area contributed by atoms with Crippen LogP contribution in [0.25, 0.3) is 10.8 Å². The van der Waals surface area contributed by atoms with E-state index in [0.717, 1.165) is 16.5 Å². The molecule has 3 aromatic carbocycles. The van der Waals surface area contributed by atoms with Crippen molar-refractivity contribution in [2.45, 2.75) is 6.04 Å². The fourth-order valence-corrected chi connectivity index (χ4v) is 2.63. The molecule has 0 heterocycles. The summed E-state index contributed by atoms with van der Waals surface area (Å²) >= 11 is 0. The van der Waals surface area contributed by atoms with E-state index >= 15 is 0 Å². The van der Waals surface area contributed by atoms with Crippen LogP contribution in [0.2, 0.25) is 0 Å². The number of nitrogens with zero attached hydrogens (tertiary/aromatic N) is 1. The summed E-state index contributed by atoms with van der Waals surface area (Å²) in [7, 11) is 1.60. The van der Waals surface area contributed by atoms with Crippen LogP contribution in [-0.2, 0) is 4.79 Å². The van der Waals surface area contributed by atoms with E-state index in [4.69, 9.17) is 10.00 Å². The lowest BCUT2D eigenvalue weighted by Gasteiger charge is -2.22. The third kappa shape index (κ3) is 3.54. The number of aliphatic carboxylic acids is 1. The van der Waals surface area contributed by atoms with Crippen LogP contribution in [0, 0.1) is 11.3 Å². The summed E-state index contributed by atoms with van der Waals surface area (Å²) in [6.07, 6.45) is 0. The Morgan fingerprint density at radius 2 is 1.76 bits per heavy atom. The molecule has 0 saturated carbocycles. The minimum atomic E-state index is -1.22. The second-order valence-electron chi connectivity index (χ2n) is 5.56. The number of nitriles is 1. The topological polar surface area (TPSA) is 85.2 Å². The van der Waals surface area contributed by atoms with Crippen LogP contribution < -0.4 is 15.2 Å². The lowest BCUT2D eigenvalue weighted by atomic mass is 10.0. The van der Waals surface area contributed by atoms with Gasteiger partial charge in [0.15, 0.2) is 0 Å². The molecule has 0 aliphatic rings. The monoisotopic (exact) mass is 331 g/mol. The number of anilines is 1. The molecule has 3 rings (SSSR count). The van der Waals surface area contributed by atoms with Gasteiger partial charge in [-0.25, -0.2) is 0 Å².